The highest BCUT2D eigenvalue weighted by molar-refractivity contribution is 6.11. The lowest BCUT2D eigenvalue weighted by atomic mass is 9.98. The molecule has 1 fully saturated rings. The number of fused-ring (bicyclic) bond motifs is 1. The SMILES string of the molecule is CC1CCN(c2ccc(C(=O)OC(C)C(=O)N3CC(=O)Nc4ccccc43)cc2[N+](=O)[O-])CC1. The van der Waals surface area contributed by atoms with E-state index in [2.05, 4.69) is 12.2 Å². The van der Waals surface area contributed by atoms with E-state index in [9.17, 15) is 24.5 Å². The molecule has 0 spiro atoms. The molecule has 0 saturated carbocycles. The zero-order valence-corrected chi connectivity index (χ0v) is 19.0. The summed E-state index contributed by atoms with van der Waals surface area (Å²) < 4.78 is 5.34. The lowest BCUT2D eigenvalue weighted by Crippen LogP contribution is -2.47. The van der Waals surface area contributed by atoms with E-state index in [1.165, 1.54) is 24.0 Å². The van der Waals surface area contributed by atoms with Gasteiger partial charge in [-0.25, -0.2) is 4.79 Å². The minimum Gasteiger partial charge on any atom is -0.449 e. The summed E-state index contributed by atoms with van der Waals surface area (Å²) in [5.74, 6) is -1.20. The highest BCUT2D eigenvalue weighted by atomic mass is 16.6. The number of nitro groups is 1. The molecule has 2 aliphatic heterocycles. The van der Waals surface area contributed by atoms with Gasteiger partial charge in [0.25, 0.3) is 11.6 Å². The van der Waals surface area contributed by atoms with Crippen molar-refractivity contribution in [1.29, 1.82) is 0 Å². The van der Waals surface area contributed by atoms with Gasteiger partial charge in [-0.3, -0.25) is 24.6 Å². The maximum atomic E-state index is 13.0. The molecule has 1 unspecified atom stereocenters. The molecule has 4 rings (SSSR count). The average Bonchev–Trinajstić information content (AvgIpc) is 2.83. The Bertz CT molecular complexity index is 1140. The van der Waals surface area contributed by atoms with Gasteiger partial charge >= 0.3 is 5.97 Å². The zero-order chi connectivity index (χ0) is 24.4. The summed E-state index contributed by atoms with van der Waals surface area (Å²) in [6.07, 6.45) is 0.685. The molecule has 178 valence electrons. The number of benzene rings is 2. The molecule has 10 nitrogen and oxygen atoms in total. The number of nitrogens with zero attached hydrogens (tertiary/aromatic N) is 3. The number of nitrogens with one attached hydrogen (secondary N) is 1. The van der Waals surface area contributed by atoms with Crippen molar-refractivity contribution in [2.24, 2.45) is 5.92 Å². The van der Waals surface area contributed by atoms with Gasteiger partial charge in [0.05, 0.1) is 21.9 Å². The van der Waals surface area contributed by atoms with Crippen molar-refractivity contribution in [3.63, 3.8) is 0 Å². The van der Waals surface area contributed by atoms with Crippen LogP contribution in [0.2, 0.25) is 0 Å². The second kappa shape index (κ2) is 9.50. The van der Waals surface area contributed by atoms with E-state index in [1.54, 1.807) is 30.3 Å². The molecule has 10 heteroatoms. The lowest BCUT2D eigenvalue weighted by molar-refractivity contribution is -0.384. The van der Waals surface area contributed by atoms with Crippen molar-refractivity contribution in [2.75, 3.05) is 34.8 Å². The minimum absolute atomic E-state index is 0.0164. The Morgan fingerprint density at radius 2 is 1.85 bits per heavy atom. The number of anilines is 3. The molecule has 0 bridgehead atoms. The van der Waals surface area contributed by atoms with Gasteiger partial charge in [0.2, 0.25) is 5.91 Å². The van der Waals surface area contributed by atoms with Gasteiger partial charge in [-0.1, -0.05) is 19.1 Å². The Balaban J connectivity index is 1.50. The quantitative estimate of drug-likeness (QED) is 0.407. The van der Waals surface area contributed by atoms with Crippen LogP contribution in [0.25, 0.3) is 0 Å². The molecule has 1 N–H and O–H groups in total. The Morgan fingerprint density at radius 3 is 2.56 bits per heavy atom. The fraction of sp³-hybridized carbons (Fsp3) is 0.375. The number of piperidine rings is 1. The molecule has 34 heavy (non-hydrogen) atoms. The predicted molar refractivity (Wildman–Crippen MR) is 126 cm³/mol. The predicted octanol–water partition coefficient (Wildman–Crippen LogP) is 3.36. The van der Waals surface area contributed by atoms with Gasteiger partial charge in [-0.2, -0.15) is 0 Å². The molecular formula is C24H26N4O6. The number of rotatable bonds is 5. The van der Waals surface area contributed by atoms with Crippen LogP contribution in [0, 0.1) is 16.0 Å². The monoisotopic (exact) mass is 466 g/mol. The molecule has 2 heterocycles. The topological polar surface area (TPSA) is 122 Å². The normalized spacial score (nSPS) is 16.9. The molecule has 2 aromatic rings. The van der Waals surface area contributed by atoms with E-state index < -0.39 is 22.9 Å². The largest absolute Gasteiger partial charge is 0.449 e. The third kappa shape index (κ3) is 4.70. The zero-order valence-electron chi connectivity index (χ0n) is 19.0. The highest BCUT2D eigenvalue weighted by Gasteiger charge is 2.32. The number of esters is 1. The van der Waals surface area contributed by atoms with Crippen LogP contribution in [0.1, 0.15) is 37.0 Å². The molecule has 0 aromatic heterocycles. The van der Waals surface area contributed by atoms with E-state index in [0.717, 1.165) is 12.8 Å². The summed E-state index contributed by atoms with van der Waals surface area (Å²) >= 11 is 0. The summed E-state index contributed by atoms with van der Waals surface area (Å²) in [7, 11) is 0. The third-order valence-corrected chi connectivity index (χ3v) is 6.20. The maximum Gasteiger partial charge on any atom is 0.339 e. The van der Waals surface area contributed by atoms with Gasteiger partial charge in [0.1, 0.15) is 12.2 Å². The number of hydrogen-bond donors (Lipinski definition) is 1. The summed E-state index contributed by atoms with van der Waals surface area (Å²) in [4.78, 5) is 52.2. The van der Waals surface area contributed by atoms with Gasteiger partial charge in [-0.05, 0) is 49.9 Å². The first kappa shape index (κ1) is 23.2. The molecule has 1 atom stereocenters. The van der Waals surface area contributed by atoms with Gasteiger partial charge in [-0.15, -0.1) is 0 Å². The average molecular weight is 466 g/mol. The summed E-state index contributed by atoms with van der Waals surface area (Å²) in [5, 5.41) is 14.4. The van der Waals surface area contributed by atoms with E-state index in [4.69, 9.17) is 4.74 Å². The molecule has 2 aromatic carbocycles. The lowest BCUT2D eigenvalue weighted by Gasteiger charge is -2.31. The number of para-hydroxylation sites is 2. The van der Waals surface area contributed by atoms with Crippen LogP contribution in [0.4, 0.5) is 22.7 Å². The number of carbonyl (C=O) groups excluding carboxylic acids is 3. The molecule has 0 aliphatic carbocycles. The Labute approximate surface area is 196 Å². The number of carbonyl (C=O) groups is 3. The fourth-order valence-corrected chi connectivity index (χ4v) is 4.24. The van der Waals surface area contributed by atoms with E-state index in [-0.39, 0.29) is 23.7 Å². The summed E-state index contributed by atoms with van der Waals surface area (Å²) in [6.45, 7) is 4.78. The standard InChI is InChI=1S/C24H26N4O6/c1-15-9-11-26(12-10-15)20-8-7-17(13-21(20)28(32)33)24(31)34-16(2)23(30)27-14-22(29)25-18-5-3-4-6-19(18)27/h3-8,13,15-16H,9-12,14H2,1-2H3,(H,25,29). The number of hydrogen-bond acceptors (Lipinski definition) is 7. The fourth-order valence-electron chi connectivity index (χ4n) is 4.24. The van der Waals surface area contributed by atoms with Crippen molar-refractivity contribution in [3.05, 3.63) is 58.1 Å². The van der Waals surface area contributed by atoms with Crippen molar-refractivity contribution in [3.8, 4) is 0 Å². The molecule has 2 amide bonds. The van der Waals surface area contributed by atoms with Gasteiger partial charge in [0.15, 0.2) is 6.10 Å². The highest BCUT2D eigenvalue weighted by Crippen LogP contribution is 2.33. The third-order valence-electron chi connectivity index (χ3n) is 6.20. The first-order valence-corrected chi connectivity index (χ1v) is 11.2. The van der Waals surface area contributed by atoms with Crippen LogP contribution in [0.3, 0.4) is 0 Å². The van der Waals surface area contributed by atoms with Crippen molar-refractivity contribution < 1.29 is 24.0 Å². The molecular weight excluding hydrogens is 440 g/mol. The van der Waals surface area contributed by atoms with Crippen LogP contribution in [0.15, 0.2) is 42.5 Å². The molecule has 1 saturated heterocycles. The maximum absolute atomic E-state index is 13.0. The van der Waals surface area contributed by atoms with Crippen LogP contribution in [-0.4, -0.2) is 48.4 Å². The second-order valence-electron chi connectivity index (χ2n) is 8.67. The minimum atomic E-state index is -1.20. The number of ether oxygens (including phenoxy) is 1. The van der Waals surface area contributed by atoms with E-state index in [0.29, 0.717) is 36.1 Å². The van der Waals surface area contributed by atoms with E-state index >= 15 is 0 Å². The van der Waals surface area contributed by atoms with E-state index in [1.807, 2.05) is 4.90 Å². The van der Waals surface area contributed by atoms with Crippen molar-refractivity contribution in [1.82, 2.24) is 0 Å². The van der Waals surface area contributed by atoms with Crippen molar-refractivity contribution in [2.45, 2.75) is 32.8 Å². The summed E-state index contributed by atoms with van der Waals surface area (Å²) in [5.41, 5.74) is 1.27. The van der Waals surface area contributed by atoms with Crippen LogP contribution in [-0.2, 0) is 14.3 Å². The Hall–Kier alpha value is -3.95. The van der Waals surface area contributed by atoms with Crippen LogP contribution >= 0.6 is 0 Å². The first-order valence-electron chi connectivity index (χ1n) is 11.2. The first-order chi connectivity index (χ1) is 16.2. The van der Waals surface area contributed by atoms with Crippen molar-refractivity contribution >= 4 is 40.5 Å². The smallest absolute Gasteiger partial charge is 0.339 e. The Kier molecular flexibility index (Phi) is 6.49. The molecule has 2 aliphatic rings. The Morgan fingerprint density at radius 1 is 1.15 bits per heavy atom. The summed E-state index contributed by atoms with van der Waals surface area (Å²) in [6, 6.07) is 11.1. The second-order valence-corrected chi connectivity index (χ2v) is 8.67. The van der Waals surface area contributed by atoms with Gasteiger partial charge < -0.3 is 15.0 Å². The van der Waals surface area contributed by atoms with Gasteiger partial charge in [0, 0.05) is 19.2 Å². The number of amides is 2. The molecule has 0 radical (unpaired) electrons. The van der Waals surface area contributed by atoms with Crippen LogP contribution < -0.4 is 15.1 Å². The van der Waals surface area contributed by atoms with Crippen LogP contribution in [0.5, 0.6) is 0 Å². The number of nitro benzene ring substituents is 1.